The van der Waals surface area contributed by atoms with Crippen LogP contribution in [-0.2, 0) is 0 Å². The highest BCUT2D eigenvalue weighted by molar-refractivity contribution is 9.10. The van der Waals surface area contributed by atoms with Crippen LogP contribution >= 0.6 is 27.5 Å². The van der Waals surface area contributed by atoms with Crippen molar-refractivity contribution >= 4 is 33.2 Å². The first-order valence-corrected chi connectivity index (χ1v) is 10.3. The molecule has 0 saturated heterocycles. The Balaban J connectivity index is 1.76. The molecular formula is C23H20BrClN2O. The molecular weight excluding hydrogens is 436 g/mol. The molecule has 0 radical (unpaired) electrons. The van der Waals surface area contributed by atoms with E-state index >= 15 is 0 Å². The summed E-state index contributed by atoms with van der Waals surface area (Å²) in [6, 6.07) is 21.6. The highest BCUT2D eigenvalue weighted by Crippen LogP contribution is 2.36. The van der Waals surface area contributed by atoms with Gasteiger partial charge in [0, 0.05) is 33.2 Å². The van der Waals surface area contributed by atoms with E-state index in [-0.39, 0.29) is 18.0 Å². The molecule has 0 amide bonds. The van der Waals surface area contributed by atoms with Crippen molar-refractivity contribution in [2.75, 3.05) is 0 Å². The van der Waals surface area contributed by atoms with Crippen molar-refractivity contribution in [3.8, 4) is 5.75 Å². The van der Waals surface area contributed by atoms with Crippen LogP contribution in [0.3, 0.4) is 0 Å². The van der Waals surface area contributed by atoms with E-state index in [1.807, 2.05) is 36.4 Å². The maximum Gasteiger partial charge on any atom is 0.126 e. The second kappa shape index (κ2) is 8.08. The fraction of sp³-hybridized carbons (Fsp3) is 0.174. The van der Waals surface area contributed by atoms with Gasteiger partial charge in [-0.1, -0.05) is 69.5 Å². The minimum absolute atomic E-state index is 0.0630. The van der Waals surface area contributed by atoms with E-state index in [1.54, 1.807) is 6.07 Å². The third-order valence-corrected chi connectivity index (χ3v) is 5.72. The average Bonchev–Trinajstić information content (AvgIpc) is 2.70. The molecule has 1 aliphatic rings. The monoisotopic (exact) mass is 454 g/mol. The van der Waals surface area contributed by atoms with Crippen molar-refractivity contribution in [3.05, 3.63) is 98.5 Å². The van der Waals surface area contributed by atoms with Crippen molar-refractivity contribution in [1.82, 2.24) is 5.32 Å². The van der Waals surface area contributed by atoms with Gasteiger partial charge in [-0.3, -0.25) is 10.3 Å². The van der Waals surface area contributed by atoms with Crippen molar-refractivity contribution in [2.24, 2.45) is 4.99 Å². The third kappa shape index (κ3) is 4.14. The molecule has 28 heavy (non-hydrogen) atoms. The van der Waals surface area contributed by atoms with Crippen LogP contribution in [0.25, 0.3) is 0 Å². The van der Waals surface area contributed by atoms with Crippen LogP contribution in [0, 0.1) is 6.92 Å². The quantitative estimate of drug-likeness (QED) is 0.484. The third-order valence-electron chi connectivity index (χ3n) is 4.98. The van der Waals surface area contributed by atoms with Crippen molar-refractivity contribution in [3.63, 3.8) is 0 Å². The maximum absolute atomic E-state index is 10.5. The van der Waals surface area contributed by atoms with Gasteiger partial charge >= 0.3 is 0 Å². The Kier molecular flexibility index (Phi) is 5.54. The summed E-state index contributed by atoms with van der Waals surface area (Å²) in [5.74, 6) is 0.278. The number of nitrogens with one attached hydrogen (secondary N) is 1. The molecule has 3 aromatic carbocycles. The molecule has 0 saturated carbocycles. The summed E-state index contributed by atoms with van der Waals surface area (Å²) < 4.78 is 0.935. The van der Waals surface area contributed by atoms with E-state index in [9.17, 15) is 5.11 Å². The lowest BCUT2D eigenvalue weighted by Gasteiger charge is -2.31. The predicted molar refractivity (Wildman–Crippen MR) is 118 cm³/mol. The summed E-state index contributed by atoms with van der Waals surface area (Å²) >= 11 is 9.57. The van der Waals surface area contributed by atoms with E-state index in [0.717, 1.165) is 26.9 Å². The van der Waals surface area contributed by atoms with Crippen molar-refractivity contribution in [2.45, 2.75) is 25.6 Å². The van der Waals surface area contributed by atoms with E-state index < -0.39 is 0 Å². The Morgan fingerprint density at radius 1 is 1.04 bits per heavy atom. The molecule has 0 fully saturated rings. The van der Waals surface area contributed by atoms with Gasteiger partial charge in [0.05, 0.1) is 0 Å². The number of aliphatic imine (C=N–C) groups is 1. The van der Waals surface area contributed by atoms with E-state index in [1.165, 1.54) is 5.56 Å². The van der Waals surface area contributed by atoms with Crippen LogP contribution in [-0.4, -0.2) is 10.8 Å². The van der Waals surface area contributed by atoms with Gasteiger partial charge in [-0.2, -0.15) is 0 Å². The molecule has 2 N–H and O–H groups in total. The summed E-state index contributed by atoms with van der Waals surface area (Å²) in [4.78, 5) is 4.98. The van der Waals surface area contributed by atoms with Crippen LogP contribution in [0.4, 0.5) is 0 Å². The molecule has 0 aromatic heterocycles. The van der Waals surface area contributed by atoms with Crippen LogP contribution in [0.1, 0.15) is 40.9 Å². The highest BCUT2D eigenvalue weighted by atomic mass is 79.9. The Labute approximate surface area is 178 Å². The van der Waals surface area contributed by atoms with Gasteiger partial charge in [0.1, 0.15) is 11.9 Å². The largest absolute Gasteiger partial charge is 0.508 e. The smallest absolute Gasteiger partial charge is 0.126 e. The average molecular weight is 456 g/mol. The first-order chi connectivity index (χ1) is 13.5. The maximum atomic E-state index is 10.5. The zero-order valence-corrected chi connectivity index (χ0v) is 17.7. The van der Waals surface area contributed by atoms with Gasteiger partial charge in [0.15, 0.2) is 0 Å². The normalized spacial score (nSPS) is 19.3. The zero-order valence-electron chi connectivity index (χ0n) is 15.4. The van der Waals surface area contributed by atoms with Gasteiger partial charge in [0.25, 0.3) is 0 Å². The SMILES string of the molecule is Cc1ccc(C2=NC(c3ccc(Cl)cc3)NC(c3cc(Br)ccc3O)C2)cc1. The molecule has 4 rings (SSSR count). The van der Waals surface area contributed by atoms with Gasteiger partial charge in [-0.15, -0.1) is 0 Å². The summed E-state index contributed by atoms with van der Waals surface area (Å²) in [6.45, 7) is 2.08. The minimum Gasteiger partial charge on any atom is -0.508 e. The number of halogens is 2. The number of aryl methyl sites for hydroxylation is 1. The number of phenols is 1. The van der Waals surface area contributed by atoms with Crippen LogP contribution in [0.2, 0.25) is 5.02 Å². The summed E-state index contributed by atoms with van der Waals surface area (Å²) in [6.07, 6.45) is 0.475. The molecule has 0 aliphatic carbocycles. The molecule has 2 atom stereocenters. The standard InChI is InChI=1S/C23H20BrClN2O/c1-14-2-4-15(5-3-14)20-13-21(19-12-17(24)8-11-22(19)28)27-23(26-20)16-6-9-18(25)10-7-16/h2-12,21,23,27-28H,13H2,1H3. The van der Waals surface area contributed by atoms with E-state index in [0.29, 0.717) is 11.4 Å². The predicted octanol–water partition coefficient (Wildman–Crippen LogP) is 6.34. The highest BCUT2D eigenvalue weighted by Gasteiger charge is 2.27. The van der Waals surface area contributed by atoms with Crippen LogP contribution in [0.15, 0.2) is 76.2 Å². The van der Waals surface area contributed by atoms with Gasteiger partial charge in [-0.25, -0.2) is 0 Å². The first-order valence-electron chi connectivity index (χ1n) is 9.13. The summed E-state index contributed by atoms with van der Waals surface area (Å²) in [7, 11) is 0. The molecule has 3 nitrogen and oxygen atoms in total. The number of aromatic hydroxyl groups is 1. The number of hydrogen-bond donors (Lipinski definition) is 2. The number of nitrogens with zero attached hydrogens (tertiary/aromatic N) is 1. The number of benzene rings is 3. The molecule has 142 valence electrons. The molecule has 1 aliphatic heterocycles. The van der Waals surface area contributed by atoms with Crippen LogP contribution < -0.4 is 5.32 Å². The number of phenolic OH excluding ortho intramolecular Hbond substituents is 1. The Morgan fingerprint density at radius 3 is 2.46 bits per heavy atom. The van der Waals surface area contributed by atoms with Crippen LogP contribution in [0.5, 0.6) is 5.75 Å². The van der Waals surface area contributed by atoms with E-state index in [2.05, 4.69) is 52.4 Å². The zero-order chi connectivity index (χ0) is 19.7. The number of hydrogen-bond acceptors (Lipinski definition) is 3. The molecule has 5 heteroatoms. The minimum atomic E-state index is -0.217. The topological polar surface area (TPSA) is 44.6 Å². The van der Waals surface area contributed by atoms with Crippen molar-refractivity contribution in [1.29, 1.82) is 0 Å². The van der Waals surface area contributed by atoms with Crippen molar-refractivity contribution < 1.29 is 5.11 Å². The Hall–Kier alpha value is -2.14. The molecule has 2 unspecified atom stereocenters. The molecule has 3 aromatic rings. The Morgan fingerprint density at radius 2 is 1.75 bits per heavy atom. The van der Waals surface area contributed by atoms with Gasteiger partial charge in [0.2, 0.25) is 0 Å². The lowest BCUT2D eigenvalue weighted by molar-refractivity contribution is 0.412. The lowest BCUT2D eigenvalue weighted by Crippen LogP contribution is -2.33. The summed E-state index contributed by atoms with van der Waals surface area (Å²) in [5.41, 5.74) is 5.23. The second-order valence-corrected chi connectivity index (χ2v) is 8.37. The van der Waals surface area contributed by atoms with Gasteiger partial charge in [-0.05, 0) is 48.4 Å². The lowest BCUT2D eigenvalue weighted by atomic mass is 9.93. The molecule has 1 heterocycles. The first kappa shape index (κ1) is 19.2. The fourth-order valence-electron chi connectivity index (χ4n) is 3.45. The number of rotatable bonds is 3. The molecule has 0 spiro atoms. The molecule has 0 bridgehead atoms. The summed E-state index contributed by atoms with van der Waals surface area (Å²) in [5, 5.41) is 14.7. The van der Waals surface area contributed by atoms with E-state index in [4.69, 9.17) is 16.6 Å². The second-order valence-electron chi connectivity index (χ2n) is 7.02. The Bertz CT molecular complexity index is 1020. The van der Waals surface area contributed by atoms with Gasteiger partial charge < -0.3 is 5.11 Å². The fourth-order valence-corrected chi connectivity index (χ4v) is 3.95.